The van der Waals surface area contributed by atoms with Crippen LogP contribution in [0.5, 0.6) is 0 Å². The molecular weight excluding hydrogens is 252 g/mol. The van der Waals surface area contributed by atoms with Crippen molar-refractivity contribution in [3.8, 4) is 0 Å². The van der Waals surface area contributed by atoms with Gasteiger partial charge in [-0.1, -0.05) is 18.6 Å². The Morgan fingerprint density at radius 1 is 1.25 bits per heavy atom. The number of rotatable bonds is 6. The number of amides is 1. The van der Waals surface area contributed by atoms with E-state index in [2.05, 4.69) is 10.6 Å². The second kappa shape index (κ2) is 7.41. The van der Waals surface area contributed by atoms with Gasteiger partial charge in [-0.15, -0.1) is 0 Å². The Labute approximate surface area is 120 Å². The summed E-state index contributed by atoms with van der Waals surface area (Å²) in [4.78, 5) is 10.9. The van der Waals surface area contributed by atoms with Crippen molar-refractivity contribution in [1.82, 2.24) is 5.32 Å². The molecule has 2 rings (SSSR count). The average molecular weight is 276 g/mol. The van der Waals surface area contributed by atoms with Crippen molar-refractivity contribution in [3.63, 3.8) is 0 Å². The standard InChI is InChI=1S/C16H24N2O2/c1-12(20)18-16-7-5-13(6-8-16)9-17-10-14-3-2-4-15(14)11-19/h5-8,14-15,17,19H,2-4,9-11H2,1H3,(H,18,20). The van der Waals surface area contributed by atoms with E-state index in [4.69, 9.17) is 0 Å². The molecule has 4 nitrogen and oxygen atoms in total. The summed E-state index contributed by atoms with van der Waals surface area (Å²) in [6.45, 7) is 3.63. The van der Waals surface area contributed by atoms with Crippen molar-refractivity contribution < 1.29 is 9.90 Å². The molecular formula is C16H24N2O2. The number of aliphatic hydroxyl groups is 1. The molecule has 1 aliphatic rings. The third-order valence-electron chi connectivity index (χ3n) is 4.06. The van der Waals surface area contributed by atoms with Gasteiger partial charge < -0.3 is 15.7 Å². The first kappa shape index (κ1) is 15.0. The topological polar surface area (TPSA) is 61.4 Å². The number of benzene rings is 1. The second-order valence-corrected chi connectivity index (χ2v) is 5.64. The van der Waals surface area contributed by atoms with E-state index in [1.165, 1.54) is 25.3 Å². The minimum atomic E-state index is -0.0489. The highest BCUT2D eigenvalue weighted by molar-refractivity contribution is 5.88. The third-order valence-corrected chi connectivity index (χ3v) is 4.06. The normalized spacial score (nSPS) is 21.9. The maximum atomic E-state index is 10.9. The van der Waals surface area contributed by atoms with E-state index in [9.17, 15) is 9.90 Å². The predicted octanol–water partition coefficient (Wildman–Crippen LogP) is 2.14. The molecule has 0 saturated heterocycles. The molecule has 2 atom stereocenters. The maximum Gasteiger partial charge on any atom is 0.221 e. The van der Waals surface area contributed by atoms with Crippen LogP contribution in [0.2, 0.25) is 0 Å². The minimum absolute atomic E-state index is 0.0489. The lowest BCUT2D eigenvalue weighted by Gasteiger charge is -2.17. The summed E-state index contributed by atoms with van der Waals surface area (Å²) in [6.07, 6.45) is 3.62. The first-order valence-corrected chi connectivity index (χ1v) is 7.37. The number of anilines is 1. The Balaban J connectivity index is 1.75. The van der Waals surface area contributed by atoms with Crippen molar-refractivity contribution in [2.45, 2.75) is 32.7 Å². The number of hydrogen-bond acceptors (Lipinski definition) is 3. The zero-order valence-corrected chi connectivity index (χ0v) is 12.1. The van der Waals surface area contributed by atoms with Crippen LogP contribution in [-0.2, 0) is 11.3 Å². The van der Waals surface area contributed by atoms with Crippen molar-refractivity contribution in [2.75, 3.05) is 18.5 Å². The molecule has 1 aromatic carbocycles. The monoisotopic (exact) mass is 276 g/mol. The van der Waals surface area contributed by atoms with Gasteiger partial charge in [-0.05, 0) is 48.9 Å². The Kier molecular flexibility index (Phi) is 5.56. The molecule has 110 valence electrons. The van der Waals surface area contributed by atoms with Crippen LogP contribution in [0, 0.1) is 11.8 Å². The number of hydrogen-bond donors (Lipinski definition) is 3. The summed E-state index contributed by atoms with van der Waals surface area (Å²) in [5.74, 6) is 1.04. The lowest BCUT2D eigenvalue weighted by molar-refractivity contribution is -0.114. The van der Waals surface area contributed by atoms with Crippen molar-refractivity contribution in [2.24, 2.45) is 11.8 Å². The molecule has 1 aromatic rings. The van der Waals surface area contributed by atoms with Crippen LogP contribution in [0.3, 0.4) is 0 Å². The minimum Gasteiger partial charge on any atom is -0.396 e. The predicted molar refractivity (Wildman–Crippen MR) is 80.4 cm³/mol. The first-order valence-electron chi connectivity index (χ1n) is 7.37. The largest absolute Gasteiger partial charge is 0.396 e. The highest BCUT2D eigenvalue weighted by atomic mass is 16.3. The second-order valence-electron chi connectivity index (χ2n) is 5.64. The smallest absolute Gasteiger partial charge is 0.221 e. The Morgan fingerprint density at radius 3 is 2.60 bits per heavy atom. The molecule has 0 bridgehead atoms. The van der Waals surface area contributed by atoms with Crippen molar-refractivity contribution in [3.05, 3.63) is 29.8 Å². The molecule has 2 unspecified atom stereocenters. The summed E-state index contributed by atoms with van der Waals surface area (Å²) in [5, 5.41) is 15.5. The van der Waals surface area contributed by atoms with Crippen LogP contribution in [0.4, 0.5) is 5.69 Å². The Hall–Kier alpha value is -1.39. The van der Waals surface area contributed by atoms with Gasteiger partial charge in [0.05, 0.1) is 0 Å². The number of carbonyl (C=O) groups excluding carboxylic acids is 1. The van der Waals surface area contributed by atoms with Gasteiger partial charge in [0.2, 0.25) is 5.91 Å². The van der Waals surface area contributed by atoms with E-state index in [0.717, 1.165) is 25.2 Å². The molecule has 0 heterocycles. The molecule has 1 saturated carbocycles. The van der Waals surface area contributed by atoms with E-state index >= 15 is 0 Å². The van der Waals surface area contributed by atoms with Gasteiger partial charge >= 0.3 is 0 Å². The fourth-order valence-electron chi connectivity index (χ4n) is 2.93. The zero-order valence-electron chi connectivity index (χ0n) is 12.1. The fourth-order valence-corrected chi connectivity index (χ4v) is 2.93. The number of carbonyl (C=O) groups is 1. The fraction of sp³-hybridized carbons (Fsp3) is 0.562. The van der Waals surface area contributed by atoms with Crippen LogP contribution in [0.15, 0.2) is 24.3 Å². The van der Waals surface area contributed by atoms with Gasteiger partial charge in [0.15, 0.2) is 0 Å². The third kappa shape index (κ3) is 4.32. The van der Waals surface area contributed by atoms with E-state index in [1.54, 1.807) is 0 Å². The van der Waals surface area contributed by atoms with Gasteiger partial charge in [-0.2, -0.15) is 0 Å². The summed E-state index contributed by atoms with van der Waals surface area (Å²) >= 11 is 0. The van der Waals surface area contributed by atoms with Crippen molar-refractivity contribution in [1.29, 1.82) is 0 Å². The van der Waals surface area contributed by atoms with Gasteiger partial charge in [0.25, 0.3) is 0 Å². The Morgan fingerprint density at radius 2 is 1.95 bits per heavy atom. The van der Waals surface area contributed by atoms with Crippen LogP contribution in [0.25, 0.3) is 0 Å². The SMILES string of the molecule is CC(=O)Nc1ccc(CNCC2CCCC2CO)cc1. The maximum absolute atomic E-state index is 10.9. The van der Waals surface area contributed by atoms with Gasteiger partial charge in [-0.3, -0.25) is 4.79 Å². The Bertz CT molecular complexity index is 431. The molecule has 1 amide bonds. The summed E-state index contributed by atoms with van der Waals surface area (Å²) in [5.41, 5.74) is 2.04. The summed E-state index contributed by atoms with van der Waals surface area (Å²) in [6, 6.07) is 7.89. The highest BCUT2D eigenvalue weighted by Crippen LogP contribution is 2.30. The molecule has 0 radical (unpaired) electrons. The number of aliphatic hydroxyl groups excluding tert-OH is 1. The number of nitrogens with one attached hydrogen (secondary N) is 2. The van der Waals surface area contributed by atoms with E-state index in [0.29, 0.717) is 18.4 Å². The average Bonchev–Trinajstić information content (AvgIpc) is 2.87. The van der Waals surface area contributed by atoms with E-state index < -0.39 is 0 Å². The van der Waals surface area contributed by atoms with Gasteiger partial charge in [0, 0.05) is 25.8 Å². The van der Waals surface area contributed by atoms with E-state index in [1.807, 2.05) is 24.3 Å². The van der Waals surface area contributed by atoms with Crippen molar-refractivity contribution >= 4 is 11.6 Å². The van der Waals surface area contributed by atoms with Crippen LogP contribution in [-0.4, -0.2) is 24.2 Å². The molecule has 1 fully saturated rings. The highest BCUT2D eigenvalue weighted by Gasteiger charge is 2.25. The quantitative estimate of drug-likeness (QED) is 0.746. The lowest BCUT2D eigenvalue weighted by Crippen LogP contribution is -2.26. The van der Waals surface area contributed by atoms with Crippen LogP contribution >= 0.6 is 0 Å². The van der Waals surface area contributed by atoms with Gasteiger partial charge in [0.1, 0.15) is 0 Å². The van der Waals surface area contributed by atoms with Crippen LogP contribution in [0.1, 0.15) is 31.7 Å². The zero-order chi connectivity index (χ0) is 14.4. The summed E-state index contributed by atoms with van der Waals surface area (Å²) in [7, 11) is 0. The molecule has 0 aliphatic heterocycles. The molecule has 1 aliphatic carbocycles. The van der Waals surface area contributed by atoms with E-state index in [-0.39, 0.29) is 5.91 Å². The van der Waals surface area contributed by atoms with Crippen LogP contribution < -0.4 is 10.6 Å². The molecule has 0 spiro atoms. The van der Waals surface area contributed by atoms with Gasteiger partial charge in [-0.25, -0.2) is 0 Å². The molecule has 4 heteroatoms. The summed E-state index contributed by atoms with van der Waals surface area (Å²) < 4.78 is 0. The molecule has 0 aromatic heterocycles. The first-order chi connectivity index (χ1) is 9.69. The molecule has 3 N–H and O–H groups in total. The molecule has 20 heavy (non-hydrogen) atoms. The lowest BCUT2D eigenvalue weighted by atomic mass is 9.97.